The summed E-state index contributed by atoms with van der Waals surface area (Å²) in [6.45, 7) is 3.28. The Morgan fingerprint density at radius 1 is 1.36 bits per heavy atom. The second kappa shape index (κ2) is 4.17. The first-order valence-electron chi connectivity index (χ1n) is 5.52. The van der Waals surface area contributed by atoms with Gasteiger partial charge >= 0.3 is 6.03 Å². The number of nitrogens with two attached hydrogens (primary N) is 1. The monoisotopic (exact) mass is 197 g/mol. The lowest BCUT2D eigenvalue weighted by molar-refractivity contribution is 0.207. The zero-order valence-electron chi connectivity index (χ0n) is 8.54. The van der Waals surface area contributed by atoms with Gasteiger partial charge < -0.3 is 16.0 Å². The molecule has 0 aromatic rings. The van der Waals surface area contributed by atoms with E-state index in [-0.39, 0.29) is 6.03 Å². The number of nitrogens with one attached hydrogen (secondary N) is 1. The Morgan fingerprint density at radius 2 is 2.14 bits per heavy atom. The van der Waals surface area contributed by atoms with Crippen molar-refractivity contribution < 1.29 is 4.79 Å². The van der Waals surface area contributed by atoms with Crippen LogP contribution in [-0.4, -0.2) is 37.1 Å². The molecule has 2 rings (SSSR count). The smallest absolute Gasteiger partial charge is 0.317 e. The maximum atomic E-state index is 11.6. The summed E-state index contributed by atoms with van der Waals surface area (Å²) in [5.74, 6) is 1.27. The Labute approximate surface area is 84.8 Å². The van der Waals surface area contributed by atoms with Crippen LogP contribution in [-0.2, 0) is 0 Å². The fourth-order valence-electron chi connectivity index (χ4n) is 1.87. The van der Waals surface area contributed by atoms with Crippen molar-refractivity contribution >= 4 is 6.03 Å². The number of hydrogen-bond acceptors (Lipinski definition) is 2. The molecule has 2 fully saturated rings. The number of carbonyl (C=O) groups is 1. The minimum atomic E-state index is 0.104. The van der Waals surface area contributed by atoms with Gasteiger partial charge in [-0.1, -0.05) is 0 Å². The van der Waals surface area contributed by atoms with E-state index in [4.69, 9.17) is 5.73 Å². The number of hydrogen-bond donors (Lipinski definition) is 2. The Hall–Kier alpha value is -0.770. The first-order valence-corrected chi connectivity index (χ1v) is 5.52. The number of amides is 2. The lowest BCUT2D eigenvalue weighted by Gasteiger charge is -2.16. The van der Waals surface area contributed by atoms with Crippen LogP contribution in [0.3, 0.4) is 0 Å². The van der Waals surface area contributed by atoms with Crippen molar-refractivity contribution in [2.45, 2.75) is 19.3 Å². The minimum absolute atomic E-state index is 0.104. The van der Waals surface area contributed by atoms with Crippen LogP contribution in [0.25, 0.3) is 0 Å². The predicted octanol–water partition coefficient (Wildman–Crippen LogP) is 0.387. The van der Waals surface area contributed by atoms with Gasteiger partial charge in [0.15, 0.2) is 0 Å². The number of carbonyl (C=O) groups excluding carboxylic acids is 1. The van der Waals surface area contributed by atoms with Crippen LogP contribution in [0.15, 0.2) is 0 Å². The molecule has 2 aliphatic rings. The molecule has 80 valence electrons. The van der Waals surface area contributed by atoms with E-state index in [1.54, 1.807) is 0 Å². The Kier molecular flexibility index (Phi) is 2.91. The molecule has 14 heavy (non-hydrogen) atoms. The van der Waals surface area contributed by atoms with Gasteiger partial charge in [0.25, 0.3) is 0 Å². The summed E-state index contributed by atoms with van der Waals surface area (Å²) in [4.78, 5) is 13.5. The van der Waals surface area contributed by atoms with E-state index in [9.17, 15) is 4.79 Å². The SMILES string of the molecule is NCC1CCN(C(=O)NCC2CC2)C1. The molecule has 0 spiro atoms. The van der Waals surface area contributed by atoms with E-state index in [0.717, 1.165) is 32.0 Å². The molecule has 2 amide bonds. The van der Waals surface area contributed by atoms with Crippen molar-refractivity contribution in [3.63, 3.8) is 0 Å². The standard InChI is InChI=1S/C10H19N3O/c11-5-9-3-4-13(7-9)10(14)12-6-8-1-2-8/h8-9H,1-7,11H2,(H,12,14). The molecule has 1 heterocycles. The van der Waals surface area contributed by atoms with Gasteiger partial charge in [-0.3, -0.25) is 0 Å². The predicted molar refractivity (Wildman–Crippen MR) is 54.9 cm³/mol. The summed E-state index contributed by atoms with van der Waals surface area (Å²) in [6, 6.07) is 0.104. The summed E-state index contributed by atoms with van der Waals surface area (Å²) in [6.07, 6.45) is 3.63. The maximum Gasteiger partial charge on any atom is 0.317 e. The van der Waals surface area contributed by atoms with Gasteiger partial charge in [-0.15, -0.1) is 0 Å². The number of urea groups is 1. The molecule has 4 nitrogen and oxygen atoms in total. The highest BCUT2D eigenvalue weighted by atomic mass is 16.2. The fraction of sp³-hybridized carbons (Fsp3) is 0.900. The molecular formula is C10H19N3O. The summed E-state index contributed by atoms with van der Waals surface area (Å²) in [5.41, 5.74) is 5.57. The van der Waals surface area contributed by atoms with Crippen molar-refractivity contribution in [3.05, 3.63) is 0 Å². The lowest BCUT2D eigenvalue weighted by Crippen LogP contribution is -2.39. The molecule has 1 atom stereocenters. The van der Waals surface area contributed by atoms with Crippen LogP contribution in [0, 0.1) is 11.8 Å². The number of nitrogens with zero attached hydrogens (tertiary/aromatic N) is 1. The Balaban J connectivity index is 1.69. The third-order valence-corrected chi connectivity index (χ3v) is 3.15. The van der Waals surface area contributed by atoms with Crippen LogP contribution >= 0.6 is 0 Å². The molecule has 0 bridgehead atoms. The molecule has 3 N–H and O–H groups in total. The average Bonchev–Trinajstić information content (AvgIpc) is 2.90. The summed E-state index contributed by atoms with van der Waals surface area (Å²) >= 11 is 0. The van der Waals surface area contributed by atoms with E-state index in [1.807, 2.05) is 4.90 Å². The van der Waals surface area contributed by atoms with E-state index in [0.29, 0.717) is 12.5 Å². The molecule has 1 unspecified atom stereocenters. The molecule has 1 saturated heterocycles. The van der Waals surface area contributed by atoms with E-state index in [1.165, 1.54) is 12.8 Å². The summed E-state index contributed by atoms with van der Waals surface area (Å²) < 4.78 is 0. The van der Waals surface area contributed by atoms with Gasteiger partial charge in [-0.2, -0.15) is 0 Å². The van der Waals surface area contributed by atoms with E-state index >= 15 is 0 Å². The minimum Gasteiger partial charge on any atom is -0.338 e. The Morgan fingerprint density at radius 3 is 2.71 bits per heavy atom. The van der Waals surface area contributed by atoms with Gasteiger partial charge in [0.1, 0.15) is 0 Å². The third kappa shape index (κ3) is 2.38. The van der Waals surface area contributed by atoms with Crippen LogP contribution in [0.4, 0.5) is 4.79 Å². The molecule has 0 aromatic heterocycles. The summed E-state index contributed by atoms with van der Waals surface area (Å²) in [5, 5.41) is 2.98. The van der Waals surface area contributed by atoms with Crippen LogP contribution in [0.1, 0.15) is 19.3 Å². The topological polar surface area (TPSA) is 58.4 Å². The average molecular weight is 197 g/mol. The first-order chi connectivity index (χ1) is 6.79. The lowest BCUT2D eigenvalue weighted by atomic mass is 10.1. The third-order valence-electron chi connectivity index (χ3n) is 3.15. The molecule has 1 saturated carbocycles. The van der Waals surface area contributed by atoms with Crippen LogP contribution in [0.5, 0.6) is 0 Å². The normalized spacial score (nSPS) is 26.6. The van der Waals surface area contributed by atoms with Gasteiger partial charge in [-0.25, -0.2) is 4.79 Å². The molecule has 4 heteroatoms. The van der Waals surface area contributed by atoms with Gasteiger partial charge in [0, 0.05) is 19.6 Å². The van der Waals surface area contributed by atoms with Crippen molar-refractivity contribution in [3.8, 4) is 0 Å². The highest BCUT2D eigenvalue weighted by molar-refractivity contribution is 5.74. The van der Waals surface area contributed by atoms with Crippen molar-refractivity contribution in [1.82, 2.24) is 10.2 Å². The quantitative estimate of drug-likeness (QED) is 0.687. The fourth-order valence-corrected chi connectivity index (χ4v) is 1.87. The zero-order chi connectivity index (χ0) is 9.97. The van der Waals surface area contributed by atoms with Crippen molar-refractivity contribution in [2.24, 2.45) is 17.6 Å². The van der Waals surface area contributed by atoms with Crippen LogP contribution in [0.2, 0.25) is 0 Å². The van der Waals surface area contributed by atoms with Crippen molar-refractivity contribution in [2.75, 3.05) is 26.2 Å². The highest BCUT2D eigenvalue weighted by Crippen LogP contribution is 2.27. The zero-order valence-corrected chi connectivity index (χ0v) is 8.54. The maximum absolute atomic E-state index is 11.6. The van der Waals surface area contributed by atoms with E-state index < -0.39 is 0 Å². The van der Waals surface area contributed by atoms with E-state index in [2.05, 4.69) is 5.32 Å². The molecule has 1 aliphatic carbocycles. The molecule has 0 radical (unpaired) electrons. The number of likely N-dealkylation sites (tertiary alicyclic amines) is 1. The van der Waals surface area contributed by atoms with Crippen molar-refractivity contribution in [1.29, 1.82) is 0 Å². The first kappa shape index (κ1) is 9.77. The molecular weight excluding hydrogens is 178 g/mol. The second-order valence-corrected chi connectivity index (χ2v) is 4.47. The number of rotatable bonds is 3. The van der Waals surface area contributed by atoms with Gasteiger partial charge in [0.2, 0.25) is 0 Å². The van der Waals surface area contributed by atoms with Crippen LogP contribution < -0.4 is 11.1 Å². The van der Waals surface area contributed by atoms with Gasteiger partial charge in [0.05, 0.1) is 0 Å². The Bertz CT molecular complexity index is 215. The largest absolute Gasteiger partial charge is 0.338 e. The summed E-state index contributed by atoms with van der Waals surface area (Å²) in [7, 11) is 0. The second-order valence-electron chi connectivity index (χ2n) is 4.47. The van der Waals surface area contributed by atoms with Gasteiger partial charge in [-0.05, 0) is 37.6 Å². The highest BCUT2D eigenvalue weighted by Gasteiger charge is 2.27. The molecule has 0 aromatic carbocycles. The molecule has 1 aliphatic heterocycles.